The normalized spacial score (nSPS) is 12.0. The van der Waals surface area contributed by atoms with Crippen LogP contribution in [0.5, 0.6) is 11.5 Å². The molecule has 90 valence electrons. The van der Waals surface area contributed by atoms with Crippen LogP contribution in [0.3, 0.4) is 0 Å². The molecule has 3 rings (SSSR count). The van der Waals surface area contributed by atoms with Gasteiger partial charge >= 0.3 is 0 Å². The van der Waals surface area contributed by atoms with Crippen LogP contribution in [0.25, 0.3) is 16.7 Å². The minimum Gasteiger partial charge on any atom is -0.497 e. The number of rotatable bonds is 2. The number of ether oxygens (including phenoxy) is 2. The summed E-state index contributed by atoms with van der Waals surface area (Å²) in [6.07, 6.45) is 0. The maximum atomic E-state index is 5.46. The Balaban J connectivity index is 2.34. The number of fused-ring (bicyclic) bond motifs is 3. The van der Waals surface area contributed by atoms with Gasteiger partial charge in [0.15, 0.2) is 0 Å². The van der Waals surface area contributed by atoms with E-state index in [1.165, 1.54) is 11.1 Å². The van der Waals surface area contributed by atoms with Crippen LogP contribution in [0.4, 0.5) is 0 Å². The van der Waals surface area contributed by atoms with Gasteiger partial charge in [-0.05, 0) is 28.3 Å². The van der Waals surface area contributed by atoms with Gasteiger partial charge in [0, 0.05) is 11.6 Å². The Kier molecular flexibility index (Phi) is 2.37. The SMILES string of the molecule is C=C1c2ccccc2-c2cc(OC)cc(OC)c21. The quantitative estimate of drug-likeness (QED) is 0.677. The average molecular weight is 238 g/mol. The molecule has 0 N–H and O–H groups in total. The first-order valence-electron chi connectivity index (χ1n) is 5.81. The van der Waals surface area contributed by atoms with Crippen molar-refractivity contribution in [2.75, 3.05) is 14.2 Å². The van der Waals surface area contributed by atoms with Crippen LogP contribution >= 0.6 is 0 Å². The second kappa shape index (κ2) is 3.91. The third-order valence-electron chi connectivity index (χ3n) is 3.38. The highest BCUT2D eigenvalue weighted by molar-refractivity contribution is 6.02. The molecule has 0 aromatic heterocycles. The summed E-state index contributed by atoms with van der Waals surface area (Å²) in [5.74, 6) is 1.61. The first-order chi connectivity index (χ1) is 8.76. The molecule has 0 aliphatic heterocycles. The highest BCUT2D eigenvalue weighted by Crippen LogP contribution is 2.49. The summed E-state index contributed by atoms with van der Waals surface area (Å²) in [6, 6.07) is 12.2. The van der Waals surface area contributed by atoms with E-state index in [0.29, 0.717) is 0 Å². The minimum absolute atomic E-state index is 0.801. The van der Waals surface area contributed by atoms with Gasteiger partial charge in [0.25, 0.3) is 0 Å². The molecule has 2 nitrogen and oxygen atoms in total. The summed E-state index contributed by atoms with van der Waals surface area (Å²) in [4.78, 5) is 0. The number of hydrogen-bond donors (Lipinski definition) is 0. The summed E-state index contributed by atoms with van der Waals surface area (Å²) in [5, 5.41) is 0. The van der Waals surface area contributed by atoms with Crippen molar-refractivity contribution < 1.29 is 9.47 Å². The monoisotopic (exact) mass is 238 g/mol. The molecule has 0 unspecified atom stereocenters. The van der Waals surface area contributed by atoms with E-state index >= 15 is 0 Å². The Morgan fingerprint density at radius 1 is 0.889 bits per heavy atom. The molecular formula is C16H14O2. The topological polar surface area (TPSA) is 18.5 Å². The standard InChI is InChI=1S/C16H14O2/c1-10-12-6-4-5-7-13(12)14-8-11(17-2)9-15(18-3)16(10)14/h4-9H,1H2,2-3H3. The van der Waals surface area contributed by atoms with Crippen molar-refractivity contribution in [2.24, 2.45) is 0 Å². The highest BCUT2D eigenvalue weighted by Gasteiger charge is 2.25. The summed E-state index contributed by atoms with van der Waals surface area (Å²) in [7, 11) is 3.34. The second-order valence-corrected chi connectivity index (χ2v) is 4.28. The largest absolute Gasteiger partial charge is 0.497 e. The summed E-state index contributed by atoms with van der Waals surface area (Å²) in [5.41, 5.74) is 5.57. The lowest BCUT2D eigenvalue weighted by Gasteiger charge is -2.10. The third-order valence-corrected chi connectivity index (χ3v) is 3.38. The van der Waals surface area contributed by atoms with Gasteiger partial charge in [0.1, 0.15) is 11.5 Å². The van der Waals surface area contributed by atoms with Crippen molar-refractivity contribution >= 4 is 5.57 Å². The summed E-state index contributed by atoms with van der Waals surface area (Å²) >= 11 is 0. The Labute approximate surface area is 106 Å². The Hall–Kier alpha value is -2.22. The molecule has 0 spiro atoms. The molecule has 2 aromatic carbocycles. The smallest absolute Gasteiger partial charge is 0.131 e. The predicted molar refractivity (Wildman–Crippen MR) is 73.1 cm³/mol. The van der Waals surface area contributed by atoms with Crippen molar-refractivity contribution in [3.8, 4) is 22.6 Å². The zero-order chi connectivity index (χ0) is 12.7. The van der Waals surface area contributed by atoms with Crippen LogP contribution in [-0.2, 0) is 0 Å². The highest BCUT2D eigenvalue weighted by atomic mass is 16.5. The van der Waals surface area contributed by atoms with Gasteiger partial charge in [0.05, 0.1) is 14.2 Å². The Morgan fingerprint density at radius 3 is 2.28 bits per heavy atom. The molecule has 0 saturated carbocycles. The molecule has 0 fully saturated rings. The predicted octanol–water partition coefficient (Wildman–Crippen LogP) is 3.75. The molecule has 0 heterocycles. The fourth-order valence-corrected chi connectivity index (χ4v) is 2.51. The summed E-state index contributed by atoms with van der Waals surface area (Å²) in [6.45, 7) is 4.18. The van der Waals surface area contributed by atoms with E-state index in [1.807, 2.05) is 24.3 Å². The molecule has 0 bridgehead atoms. The fourth-order valence-electron chi connectivity index (χ4n) is 2.51. The van der Waals surface area contributed by atoms with Crippen LogP contribution in [-0.4, -0.2) is 14.2 Å². The van der Waals surface area contributed by atoms with Gasteiger partial charge < -0.3 is 9.47 Å². The lowest BCUT2D eigenvalue weighted by atomic mass is 10.0. The van der Waals surface area contributed by atoms with Gasteiger partial charge in [-0.2, -0.15) is 0 Å². The van der Waals surface area contributed by atoms with Gasteiger partial charge in [-0.15, -0.1) is 0 Å². The molecule has 0 radical (unpaired) electrons. The first-order valence-corrected chi connectivity index (χ1v) is 5.81. The van der Waals surface area contributed by atoms with E-state index in [4.69, 9.17) is 9.47 Å². The lowest BCUT2D eigenvalue weighted by molar-refractivity contribution is 0.394. The van der Waals surface area contributed by atoms with Crippen LogP contribution in [0.2, 0.25) is 0 Å². The van der Waals surface area contributed by atoms with Crippen molar-refractivity contribution in [1.82, 2.24) is 0 Å². The first kappa shape index (κ1) is 10.9. The second-order valence-electron chi connectivity index (χ2n) is 4.28. The van der Waals surface area contributed by atoms with Crippen molar-refractivity contribution in [2.45, 2.75) is 0 Å². The molecule has 0 saturated heterocycles. The molecule has 2 heteroatoms. The fraction of sp³-hybridized carbons (Fsp3) is 0.125. The zero-order valence-electron chi connectivity index (χ0n) is 10.5. The zero-order valence-corrected chi connectivity index (χ0v) is 10.5. The molecule has 0 atom stereocenters. The molecular weight excluding hydrogens is 224 g/mol. The Morgan fingerprint density at radius 2 is 1.61 bits per heavy atom. The van der Waals surface area contributed by atoms with Gasteiger partial charge in [-0.1, -0.05) is 30.8 Å². The van der Waals surface area contributed by atoms with E-state index < -0.39 is 0 Å². The van der Waals surface area contributed by atoms with Gasteiger partial charge in [-0.3, -0.25) is 0 Å². The van der Waals surface area contributed by atoms with Gasteiger partial charge in [-0.25, -0.2) is 0 Å². The summed E-state index contributed by atoms with van der Waals surface area (Å²) < 4.78 is 10.8. The van der Waals surface area contributed by atoms with Crippen molar-refractivity contribution in [1.29, 1.82) is 0 Å². The molecule has 1 aliphatic carbocycles. The van der Waals surface area contributed by atoms with Crippen molar-refractivity contribution in [3.05, 3.63) is 54.1 Å². The van der Waals surface area contributed by atoms with E-state index in [9.17, 15) is 0 Å². The van der Waals surface area contributed by atoms with E-state index in [2.05, 4.69) is 18.7 Å². The van der Waals surface area contributed by atoms with E-state index in [-0.39, 0.29) is 0 Å². The number of benzene rings is 2. The van der Waals surface area contributed by atoms with Crippen molar-refractivity contribution in [3.63, 3.8) is 0 Å². The average Bonchev–Trinajstić information content (AvgIpc) is 2.72. The Bertz CT molecular complexity index is 642. The minimum atomic E-state index is 0.801. The van der Waals surface area contributed by atoms with Crippen LogP contribution in [0, 0.1) is 0 Å². The molecule has 0 amide bonds. The van der Waals surface area contributed by atoms with Crippen LogP contribution in [0.15, 0.2) is 43.0 Å². The molecule has 2 aromatic rings. The van der Waals surface area contributed by atoms with Crippen LogP contribution in [0.1, 0.15) is 11.1 Å². The number of methoxy groups -OCH3 is 2. The third kappa shape index (κ3) is 1.35. The van der Waals surface area contributed by atoms with Gasteiger partial charge in [0.2, 0.25) is 0 Å². The molecule has 18 heavy (non-hydrogen) atoms. The molecule has 1 aliphatic rings. The maximum Gasteiger partial charge on any atom is 0.131 e. The van der Waals surface area contributed by atoms with E-state index in [1.54, 1.807) is 14.2 Å². The van der Waals surface area contributed by atoms with E-state index in [0.717, 1.165) is 28.2 Å². The maximum absolute atomic E-state index is 5.46. The van der Waals surface area contributed by atoms with Crippen LogP contribution < -0.4 is 9.47 Å². The lowest BCUT2D eigenvalue weighted by Crippen LogP contribution is -1.92. The number of hydrogen-bond acceptors (Lipinski definition) is 2.